The van der Waals surface area contributed by atoms with Crippen LogP contribution in [0.15, 0.2) is 54.9 Å². The number of aromatic nitrogens is 4. The second-order valence-corrected chi connectivity index (χ2v) is 8.20. The molecule has 9 nitrogen and oxygen atoms in total. The predicted octanol–water partition coefficient (Wildman–Crippen LogP) is 4.85. The molecule has 0 spiro atoms. The summed E-state index contributed by atoms with van der Waals surface area (Å²) in [5.41, 5.74) is 8.22. The highest BCUT2D eigenvalue weighted by atomic mass is 16.5. The van der Waals surface area contributed by atoms with Crippen molar-refractivity contribution in [3.63, 3.8) is 0 Å². The number of aromatic hydroxyl groups is 1. The van der Waals surface area contributed by atoms with Crippen LogP contribution in [0.3, 0.4) is 0 Å². The maximum Gasteiger partial charge on any atom is 0.164 e. The third-order valence-electron chi connectivity index (χ3n) is 5.83. The Bertz CT molecular complexity index is 1320. The molecule has 180 valence electrons. The van der Waals surface area contributed by atoms with Crippen molar-refractivity contribution in [2.45, 2.75) is 45.1 Å². The molecule has 4 aromatic rings. The monoisotopic (exact) mass is 473 g/mol. The lowest BCUT2D eigenvalue weighted by molar-refractivity contribution is -0.119. The van der Waals surface area contributed by atoms with Crippen LogP contribution in [-0.2, 0) is 9.59 Å². The number of Topliss-reactive ketones (excluding diaryl/α,β-unsaturated/α-hetero) is 1. The average molecular weight is 474 g/mol. The first-order valence-corrected chi connectivity index (χ1v) is 11.5. The maximum absolute atomic E-state index is 12.0. The van der Waals surface area contributed by atoms with Crippen molar-refractivity contribution >= 4 is 28.9 Å². The molecule has 0 aliphatic rings. The lowest BCUT2D eigenvalue weighted by atomic mass is 10.0. The molecule has 3 N–H and O–H groups in total. The topological polar surface area (TPSA) is 133 Å². The quantitative estimate of drug-likeness (QED) is 0.295. The number of carbonyl (C=O) groups is 2. The highest BCUT2D eigenvalue weighted by Gasteiger charge is 2.22. The molecular weight excluding hydrogens is 446 g/mol. The Hall–Kier alpha value is -4.27. The van der Waals surface area contributed by atoms with E-state index in [4.69, 9.17) is 15.6 Å². The summed E-state index contributed by atoms with van der Waals surface area (Å²) in [6, 6.07) is 13.7. The first-order chi connectivity index (χ1) is 17.0. The highest BCUT2D eigenvalue weighted by molar-refractivity contribution is 5.98. The van der Waals surface area contributed by atoms with Crippen LogP contribution < -0.4 is 10.5 Å². The Kier molecular flexibility index (Phi) is 7.35. The number of anilines is 1. The number of ether oxygens (including phenoxy) is 1. The summed E-state index contributed by atoms with van der Waals surface area (Å²) in [6.07, 6.45) is 4.59. The Balaban J connectivity index is 1.69. The van der Waals surface area contributed by atoms with Crippen molar-refractivity contribution < 1.29 is 19.4 Å². The Morgan fingerprint density at radius 2 is 1.77 bits per heavy atom. The van der Waals surface area contributed by atoms with Gasteiger partial charge in [0.2, 0.25) is 0 Å². The van der Waals surface area contributed by atoms with E-state index in [0.717, 1.165) is 11.8 Å². The molecule has 0 amide bonds. The number of hydrogen-bond donors (Lipinski definition) is 2. The van der Waals surface area contributed by atoms with Crippen LogP contribution in [-0.4, -0.2) is 36.9 Å². The van der Waals surface area contributed by atoms with E-state index in [1.165, 1.54) is 6.33 Å². The number of nitrogens with zero attached hydrogens (tertiary/aromatic N) is 4. The second-order valence-electron chi connectivity index (χ2n) is 8.20. The van der Waals surface area contributed by atoms with E-state index in [1.807, 2.05) is 31.2 Å². The molecule has 0 radical (unpaired) electrons. The van der Waals surface area contributed by atoms with Crippen molar-refractivity contribution in [1.82, 2.24) is 19.7 Å². The molecule has 2 aromatic carbocycles. The Morgan fingerprint density at radius 1 is 1.09 bits per heavy atom. The first kappa shape index (κ1) is 23.9. The minimum absolute atomic E-state index is 0.163. The fourth-order valence-corrected chi connectivity index (χ4v) is 3.94. The lowest BCUT2D eigenvalue weighted by Crippen LogP contribution is -2.14. The Labute approximate surface area is 202 Å². The lowest BCUT2D eigenvalue weighted by Gasteiger charge is -2.16. The number of phenols is 1. The van der Waals surface area contributed by atoms with E-state index in [-0.39, 0.29) is 17.6 Å². The van der Waals surface area contributed by atoms with Gasteiger partial charge in [-0.1, -0.05) is 6.92 Å². The standard InChI is InChI=1S/C26H27N5O4/c1-2-19(33)8-7-18(4-3-15-32)31-26-23(25(27)28-16-29-26)24(30-31)17-5-11-21(12-6-17)35-22-13-9-20(34)10-14-22/h5-6,9-16,18,34H,2-4,7-8H2,1H3,(H2,27,28,29). The van der Waals surface area contributed by atoms with Gasteiger partial charge in [0.1, 0.15) is 47.2 Å². The van der Waals surface area contributed by atoms with Gasteiger partial charge >= 0.3 is 0 Å². The summed E-state index contributed by atoms with van der Waals surface area (Å²) in [5, 5.41) is 14.9. The number of ketones is 1. The van der Waals surface area contributed by atoms with Gasteiger partial charge in [0.15, 0.2) is 5.65 Å². The van der Waals surface area contributed by atoms with Crippen LogP contribution in [0.1, 0.15) is 45.1 Å². The molecule has 0 saturated carbocycles. The number of aldehydes is 1. The summed E-state index contributed by atoms with van der Waals surface area (Å²) in [5.74, 6) is 1.85. The molecule has 9 heteroatoms. The zero-order chi connectivity index (χ0) is 24.8. The number of phenolic OH excluding ortho intramolecular Hbond substituents is 1. The maximum atomic E-state index is 12.0. The number of rotatable bonds is 11. The van der Waals surface area contributed by atoms with Crippen molar-refractivity contribution in [1.29, 1.82) is 0 Å². The van der Waals surface area contributed by atoms with Crippen molar-refractivity contribution in [3.8, 4) is 28.5 Å². The highest BCUT2D eigenvalue weighted by Crippen LogP contribution is 2.35. The van der Waals surface area contributed by atoms with Crippen LogP contribution >= 0.6 is 0 Å². The fraction of sp³-hybridized carbons (Fsp3) is 0.269. The Morgan fingerprint density at radius 3 is 2.43 bits per heavy atom. The molecule has 2 heterocycles. The number of nitrogen functional groups attached to an aromatic ring is 1. The molecule has 4 rings (SSSR count). The summed E-state index contributed by atoms with van der Waals surface area (Å²) >= 11 is 0. The summed E-state index contributed by atoms with van der Waals surface area (Å²) in [6.45, 7) is 1.84. The van der Waals surface area contributed by atoms with Crippen molar-refractivity contribution in [2.24, 2.45) is 0 Å². The number of nitrogens with two attached hydrogens (primary N) is 1. The zero-order valence-corrected chi connectivity index (χ0v) is 19.4. The van der Waals surface area contributed by atoms with E-state index < -0.39 is 0 Å². The third-order valence-corrected chi connectivity index (χ3v) is 5.83. The van der Waals surface area contributed by atoms with E-state index in [2.05, 4.69) is 9.97 Å². The largest absolute Gasteiger partial charge is 0.508 e. The van der Waals surface area contributed by atoms with E-state index in [9.17, 15) is 14.7 Å². The first-order valence-electron chi connectivity index (χ1n) is 11.5. The van der Waals surface area contributed by atoms with Crippen LogP contribution in [0.25, 0.3) is 22.3 Å². The van der Waals surface area contributed by atoms with Crippen molar-refractivity contribution in [2.75, 3.05) is 5.73 Å². The van der Waals surface area contributed by atoms with Crippen LogP contribution in [0, 0.1) is 0 Å². The molecule has 0 aliphatic heterocycles. The summed E-state index contributed by atoms with van der Waals surface area (Å²) in [7, 11) is 0. The van der Waals surface area contributed by atoms with Crippen LogP contribution in [0.2, 0.25) is 0 Å². The fourth-order valence-electron chi connectivity index (χ4n) is 3.94. The van der Waals surface area contributed by atoms with Gasteiger partial charge in [0, 0.05) is 24.8 Å². The zero-order valence-electron chi connectivity index (χ0n) is 19.4. The molecule has 35 heavy (non-hydrogen) atoms. The molecule has 0 bridgehead atoms. The molecular formula is C26H27N5O4. The van der Waals surface area contributed by atoms with Gasteiger partial charge in [0.05, 0.1) is 11.4 Å². The molecule has 1 unspecified atom stereocenters. The molecule has 0 fully saturated rings. The summed E-state index contributed by atoms with van der Waals surface area (Å²) in [4.78, 5) is 31.7. The average Bonchev–Trinajstić information content (AvgIpc) is 3.26. The third kappa shape index (κ3) is 5.46. The second kappa shape index (κ2) is 10.8. The van der Waals surface area contributed by atoms with Gasteiger partial charge in [-0.15, -0.1) is 0 Å². The number of carbonyl (C=O) groups excluding carboxylic acids is 2. The normalized spacial score (nSPS) is 11.9. The van der Waals surface area contributed by atoms with E-state index in [1.54, 1.807) is 28.9 Å². The van der Waals surface area contributed by atoms with Gasteiger partial charge in [-0.3, -0.25) is 4.79 Å². The summed E-state index contributed by atoms with van der Waals surface area (Å²) < 4.78 is 7.61. The van der Waals surface area contributed by atoms with Gasteiger partial charge in [-0.05, 0) is 61.4 Å². The van der Waals surface area contributed by atoms with Gasteiger partial charge in [0.25, 0.3) is 0 Å². The van der Waals surface area contributed by atoms with E-state index in [0.29, 0.717) is 66.1 Å². The van der Waals surface area contributed by atoms with Gasteiger partial charge in [-0.25, -0.2) is 14.6 Å². The van der Waals surface area contributed by atoms with Gasteiger partial charge < -0.3 is 20.4 Å². The van der Waals surface area contributed by atoms with Crippen molar-refractivity contribution in [3.05, 3.63) is 54.9 Å². The number of hydrogen-bond acceptors (Lipinski definition) is 8. The van der Waals surface area contributed by atoms with E-state index >= 15 is 0 Å². The number of fused-ring (bicyclic) bond motifs is 1. The molecule has 0 saturated heterocycles. The van der Waals surface area contributed by atoms with Gasteiger partial charge in [-0.2, -0.15) is 5.10 Å². The minimum atomic E-state index is -0.182. The van der Waals surface area contributed by atoms with Crippen LogP contribution in [0.5, 0.6) is 17.2 Å². The molecule has 1 atom stereocenters. The smallest absolute Gasteiger partial charge is 0.164 e. The SMILES string of the molecule is CCC(=O)CCC(CCC=O)n1nc(-c2ccc(Oc3ccc(O)cc3)cc2)c2c(N)ncnc21. The van der Waals surface area contributed by atoms with Crippen LogP contribution in [0.4, 0.5) is 5.82 Å². The minimum Gasteiger partial charge on any atom is -0.508 e. The molecule has 2 aromatic heterocycles. The number of benzene rings is 2. The predicted molar refractivity (Wildman–Crippen MR) is 132 cm³/mol. The molecule has 0 aliphatic carbocycles.